The standard InChI is InChI=1S/C27H30N4O2/c1-21(30-17-19-31(20-18-30)27(33)22-11-5-3-6-12-22)28-26(32)24-15-9-10-16-25(24)29(2)23-13-7-4-8-14-23/h3-16,21H,17-20H2,1-2H3,(H,28,32). The molecule has 1 aliphatic rings. The summed E-state index contributed by atoms with van der Waals surface area (Å²) in [5, 5.41) is 3.15. The van der Waals surface area contributed by atoms with E-state index in [1.165, 1.54) is 0 Å². The maximum absolute atomic E-state index is 13.2. The summed E-state index contributed by atoms with van der Waals surface area (Å²) >= 11 is 0. The predicted molar refractivity (Wildman–Crippen MR) is 132 cm³/mol. The normalized spacial score (nSPS) is 15.0. The first-order valence-electron chi connectivity index (χ1n) is 11.3. The van der Waals surface area contributed by atoms with Gasteiger partial charge in [0.05, 0.1) is 17.4 Å². The van der Waals surface area contributed by atoms with Gasteiger partial charge in [-0.15, -0.1) is 0 Å². The molecule has 6 nitrogen and oxygen atoms in total. The van der Waals surface area contributed by atoms with Gasteiger partial charge in [0, 0.05) is 44.5 Å². The molecule has 0 spiro atoms. The number of carbonyl (C=O) groups excluding carboxylic acids is 2. The largest absolute Gasteiger partial charge is 0.344 e. The van der Waals surface area contributed by atoms with E-state index in [2.05, 4.69) is 10.2 Å². The third-order valence-corrected chi connectivity index (χ3v) is 6.16. The maximum atomic E-state index is 13.2. The lowest BCUT2D eigenvalue weighted by molar-refractivity contribution is 0.0527. The van der Waals surface area contributed by atoms with E-state index in [0.29, 0.717) is 37.3 Å². The van der Waals surface area contributed by atoms with Crippen LogP contribution >= 0.6 is 0 Å². The van der Waals surface area contributed by atoms with Crippen LogP contribution < -0.4 is 10.2 Å². The lowest BCUT2D eigenvalue weighted by Gasteiger charge is -2.38. The zero-order chi connectivity index (χ0) is 23.2. The van der Waals surface area contributed by atoms with Crippen LogP contribution in [0.1, 0.15) is 27.6 Å². The van der Waals surface area contributed by atoms with E-state index in [1.807, 2.05) is 109 Å². The molecular weight excluding hydrogens is 412 g/mol. The Morgan fingerprint density at radius 1 is 0.818 bits per heavy atom. The number of amides is 2. The minimum atomic E-state index is -0.137. The van der Waals surface area contributed by atoms with E-state index in [-0.39, 0.29) is 18.0 Å². The third kappa shape index (κ3) is 5.23. The zero-order valence-electron chi connectivity index (χ0n) is 19.1. The number of benzene rings is 3. The van der Waals surface area contributed by atoms with Crippen LogP contribution in [0.5, 0.6) is 0 Å². The van der Waals surface area contributed by atoms with Gasteiger partial charge >= 0.3 is 0 Å². The first-order chi connectivity index (χ1) is 16.0. The van der Waals surface area contributed by atoms with Crippen molar-refractivity contribution in [3.63, 3.8) is 0 Å². The van der Waals surface area contributed by atoms with Gasteiger partial charge in [-0.2, -0.15) is 0 Å². The smallest absolute Gasteiger partial charge is 0.254 e. The molecule has 33 heavy (non-hydrogen) atoms. The van der Waals surface area contributed by atoms with Gasteiger partial charge in [-0.1, -0.05) is 48.5 Å². The fourth-order valence-electron chi connectivity index (χ4n) is 4.18. The summed E-state index contributed by atoms with van der Waals surface area (Å²) in [6.45, 7) is 4.70. The summed E-state index contributed by atoms with van der Waals surface area (Å²) in [4.78, 5) is 32.0. The highest BCUT2D eigenvalue weighted by Gasteiger charge is 2.26. The van der Waals surface area contributed by atoms with Crippen molar-refractivity contribution in [2.75, 3.05) is 38.1 Å². The summed E-state index contributed by atoms with van der Waals surface area (Å²) in [6, 6.07) is 27.0. The van der Waals surface area contributed by atoms with E-state index in [9.17, 15) is 9.59 Å². The second-order valence-electron chi connectivity index (χ2n) is 8.26. The molecule has 3 aromatic carbocycles. The lowest BCUT2D eigenvalue weighted by Crippen LogP contribution is -2.55. The average Bonchev–Trinajstić information content (AvgIpc) is 2.89. The Balaban J connectivity index is 1.38. The summed E-state index contributed by atoms with van der Waals surface area (Å²) in [7, 11) is 1.97. The van der Waals surface area contributed by atoms with Crippen LogP contribution in [0.2, 0.25) is 0 Å². The SMILES string of the molecule is CC(NC(=O)c1ccccc1N(C)c1ccccc1)N1CCN(C(=O)c2ccccc2)CC1. The van der Waals surface area contributed by atoms with Crippen LogP contribution in [0.4, 0.5) is 11.4 Å². The average molecular weight is 443 g/mol. The van der Waals surface area contributed by atoms with Crippen LogP contribution in [0.25, 0.3) is 0 Å². The zero-order valence-corrected chi connectivity index (χ0v) is 19.1. The lowest BCUT2D eigenvalue weighted by atomic mass is 10.1. The van der Waals surface area contributed by atoms with Crippen LogP contribution in [-0.2, 0) is 0 Å². The van der Waals surface area contributed by atoms with Crippen molar-refractivity contribution >= 4 is 23.2 Å². The minimum Gasteiger partial charge on any atom is -0.344 e. The highest BCUT2D eigenvalue weighted by atomic mass is 16.2. The van der Waals surface area contributed by atoms with Crippen LogP contribution in [0.15, 0.2) is 84.9 Å². The summed E-state index contributed by atoms with van der Waals surface area (Å²) < 4.78 is 0. The quantitative estimate of drug-likeness (QED) is 0.627. The van der Waals surface area contributed by atoms with Gasteiger partial charge in [-0.05, 0) is 43.3 Å². The van der Waals surface area contributed by atoms with E-state index < -0.39 is 0 Å². The monoisotopic (exact) mass is 442 g/mol. The van der Waals surface area contributed by atoms with Gasteiger partial charge < -0.3 is 15.1 Å². The highest BCUT2D eigenvalue weighted by molar-refractivity contribution is 6.00. The molecule has 0 radical (unpaired) electrons. The fraction of sp³-hybridized carbons (Fsp3) is 0.259. The van der Waals surface area contributed by atoms with Crippen molar-refractivity contribution in [1.29, 1.82) is 0 Å². The topological polar surface area (TPSA) is 55.9 Å². The Kier molecular flexibility index (Phi) is 7.05. The van der Waals surface area contributed by atoms with Crippen molar-refractivity contribution in [1.82, 2.24) is 15.1 Å². The molecular formula is C27H30N4O2. The molecule has 1 fully saturated rings. The Labute approximate surface area is 195 Å². The molecule has 0 saturated carbocycles. The molecule has 170 valence electrons. The molecule has 4 rings (SSSR count). The number of hydrogen-bond acceptors (Lipinski definition) is 4. The number of carbonyl (C=O) groups is 2. The summed E-state index contributed by atoms with van der Waals surface area (Å²) in [5.74, 6) is -0.0477. The second kappa shape index (κ2) is 10.3. The van der Waals surface area contributed by atoms with Crippen molar-refractivity contribution in [2.45, 2.75) is 13.1 Å². The first kappa shape index (κ1) is 22.6. The van der Waals surface area contributed by atoms with E-state index >= 15 is 0 Å². The van der Waals surface area contributed by atoms with Crippen LogP contribution in [0, 0.1) is 0 Å². The minimum absolute atomic E-state index is 0.0600. The third-order valence-electron chi connectivity index (χ3n) is 6.16. The number of nitrogens with one attached hydrogen (secondary N) is 1. The van der Waals surface area contributed by atoms with Gasteiger partial charge in [-0.3, -0.25) is 14.5 Å². The van der Waals surface area contributed by atoms with Gasteiger partial charge in [0.1, 0.15) is 0 Å². The number of para-hydroxylation sites is 2. The number of piperazine rings is 1. The number of anilines is 2. The molecule has 1 N–H and O–H groups in total. The van der Waals surface area contributed by atoms with Gasteiger partial charge in [0.2, 0.25) is 0 Å². The van der Waals surface area contributed by atoms with E-state index in [1.54, 1.807) is 0 Å². The van der Waals surface area contributed by atoms with E-state index in [4.69, 9.17) is 0 Å². The van der Waals surface area contributed by atoms with Crippen LogP contribution in [0.3, 0.4) is 0 Å². The Morgan fingerprint density at radius 2 is 1.39 bits per heavy atom. The molecule has 0 aromatic heterocycles. The van der Waals surface area contributed by atoms with Crippen molar-refractivity contribution < 1.29 is 9.59 Å². The number of hydrogen-bond donors (Lipinski definition) is 1. The first-order valence-corrected chi connectivity index (χ1v) is 11.3. The van der Waals surface area contributed by atoms with Gasteiger partial charge in [0.15, 0.2) is 0 Å². The maximum Gasteiger partial charge on any atom is 0.254 e. The fourth-order valence-corrected chi connectivity index (χ4v) is 4.18. The molecule has 1 saturated heterocycles. The van der Waals surface area contributed by atoms with Gasteiger partial charge in [0.25, 0.3) is 11.8 Å². The summed E-state index contributed by atoms with van der Waals surface area (Å²) in [5.41, 5.74) is 3.22. The molecule has 3 aromatic rings. The predicted octanol–water partition coefficient (Wildman–Crippen LogP) is 3.99. The molecule has 0 aliphatic carbocycles. The highest BCUT2D eigenvalue weighted by Crippen LogP contribution is 2.27. The van der Waals surface area contributed by atoms with Gasteiger partial charge in [-0.25, -0.2) is 0 Å². The van der Waals surface area contributed by atoms with Crippen LogP contribution in [-0.4, -0.2) is 61.0 Å². The molecule has 2 amide bonds. The van der Waals surface area contributed by atoms with Crippen molar-refractivity contribution in [3.05, 3.63) is 96.1 Å². The molecule has 6 heteroatoms. The van der Waals surface area contributed by atoms with Crippen molar-refractivity contribution in [3.8, 4) is 0 Å². The Hall–Kier alpha value is -3.64. The Bertz CT molecular complexity index is 1080. The molecule has 1 atom stereocenters. The number of rotatable bonds is 6. The molecule has 0 bridgehead atoms. The van der Waals surface area contributed by atoms with Crippen molar-refractivity contribution in [2.24, 2.45) is 0 Å². The second-order valence-corrected chi connectivity index (χ2v) is 8.26. The van der Waals surface area contributed by atoms with E-state index in [0.717, 1.165) is 11.4 Å². The number of nitrogens with zero attached hydrogens (tertiary/aromatic N) is 3. The summed E-state index contributed by atoms with van der Waals surface area (Å²) in [6.07, 6.45) is -0.137. The molecule has 1 aliphatic heterocycles. The molecule has 1 unspecified atom stereocenters. The molecule has 1 heterocycles. The Morgan fingerprint density at radius 3 is 2.06 bits per heavy atom.